The first kappa shape index (κ1) is 19.5. The average molecular weight is 421 g/mol. The monoisotopic (exact) mass is 420 g/mol. The van der Waals surface area contributed by atoms with Crippen molar-refractivity contribution in [2.45, 2.75) is 13.0 Å². The third kappa shape index (κ3) is 4.28. The van der Waals surface area contributed by atoms with E-state index in [0.29, 0.717) is 22.4 Å². The number of hydrogen-bond acceptors (Lipinski definition) is 4. The van der Waals surface area contributed by atoms with Crippen LogP contribution in [0.25, 0.3) is 17.0 Å². The molecule has 0 spiro atoms. The van der Waals surface area contributed by atoms with Crippen LogP contribution in [0.3, 0.4) is 0 Å². The maximum absolute atomic E-state index is 12.0. The molecule has 2 heterocycles. The summed E-state index contributed by atoms with van der Waals surface area (Å²) >= 11 is 6.38. The Morgan fingerprint density at radius 3 is 2.76 bits per heavy atom. The van der Waals surface area contributed by atoms with Crippen LogP contribution in [0.15, 0.2) is 72.3 Å². The summed E-state index contributed by atoms with van der Waals surface area (Å²) in [6.45, 7) is 5.05. The van der Waals surface area contributed by atoms with E-state index >= 15 is 0 Å². The Hall–Kier alpha value is -2.83. The van der Waals surface area contributed by atoms with Gasteiger partial charge in [0.05, 0.1) is 11.4 Å². The number of allylic oxidation sites excluding steroid dienone is 1. The van der Waals surface area contributed by atoms with Crippen LogP contribution in [-0.4, -0.2) is 21.4 Å². The Bertz CT molecular complexity index is 1130. The summed E-state index contributed by atoms with van der Waals surface area (Å²) in [5.74, 6) is 0.748. The second kappa shape index (κ2) is 8.68. The van der Waals surface area contributed by atoms with Gasteiger partial charge in [0.15, 0.2) is 0 Å². The van der Waals surface area contributed by atoms with Gasteiger partial charge in [-0.25, -0.2) is 0 Å². The predicted octanol–water partition coefficient (Wildman–Crippen LogP) is 4.94. The molecule has 1 aliphatic heterocycles. The number of carbonyl (C=O) groups excluding carboxylic acids is 1. The summed E-state index contributed by atoms with van der Waals surface area (Å²) in [5.41, 5.74) is 3.23. The molecule has 1 amide bonds. The van der Waals surface area contributed by atoms with Gasteiger partial charge in [0, 0.05) is 22.7 Å². The lowest BCUT2D eigenvalue weighted by atomic mass is 10.1. The fraction of sp³-hybridized carbons (Fsp3) is 0.130. The molecule has 29 heavy (non-hydrogen) atoms. The highest BCUT2D eigenvalue weighted by atomic mass is 32.2. The molecule has 2 aromatic carbocycles. The van der Waals surface area contributed by atoms with Crippen molar-refractivity contribution in [1.82, 2.24) is 9.88 Å². The van der Waals surface area contributed by atoms with Crippen LogP contribution in [0.2, 0.25) is 0 Å². The zero-order valence-electron chi connectivity index (χ0n) is 15.8. The molecule has 0 atom stereocenters. The summed E-state index contributed by atoms with van der Waals surface area (Å²) in [6.07, 6.45) is 6.62. The Labute approximate surface area is 179 Å². The van der Waals surface area contributed by atoms with E-state index in [-0.39, 0.29) is 5.91 Å². The number of amides is 1. The summed E-state index contributed by atoms with van der Waals surface area (Å²) in [4.78, 5) is 12.6. The number of para-hydroxylation sites is 2. The van der Waals surface area contributed by atoms with E-state index in [1.54, 1.807) is 0 Å². The van der Waals surface area contributed by atoms with Gasteiger partial charge in [-0.2, -0.15) is 0 Å². The van der Waals surface area contributed by atoms with Gasteiger partial charge in [-0.05, 0) is 30.2 Å². The predicted molar refractivity (Wildman–Crippen MR) is 124 cm³/mol. The van der Waals surface area contributed by atoms with E-state index < -0.39 is 0 Å². The van der Waals surface area contributed by atoms with E-state index in [4.69, 9.17) is 17.0 Å². The molecule has 3 aromatic rings. The fourth-order valence-corrected chi connectivity index (χ4v) is 4.40. The number of thiocarbonyl (C=S) groups is 1. The number of thioether (sulfide) groups is 1. The molecule has 0 bridgehead atoms. The number of benzene rings is 2. The third-order valence-corrected chi connectivity index (χ3v) is 5.84. The van der Waals surface area contributed by atoms with E-state index in [2.05, 4.69) is 40.9 Å². The van der Waals surface area contributed by atoms with Crippen LogP contribution in [0.5, 0.6) is 5.75 Å². The van der Waals surface area contributed by atoms with Crippen molar-refractivity contribution in [2.75, 3.05) is 6.61 Å². The average Bonchev–Trinajstić information content (AvgIpc) is 3.23. The quantitative estimate of drug-likeness (QED) is 0.334. The van der Waals surface area contributed by atoms with E-state index in [1.807, 2.05) is 42.5 Å². The lowest BCUT2D eigenvalue weighted by Crippen LogP contribution is -2.17. The van der Waals surface area contributed by atoms with Crippen molar-refractivity contribution in [3.05, 3.63) is 83.4 Å². The van der Waals surface area contributed by atoms with Crippen molar-refractivity contribution >= 4 is 51.2 Å². The van der Waals surface area contributed by atoms with Crippen LogP contribution in [0.1, 0.15) is 11.1 Å². The maximum atomic E-state index is 12.0. The molecule has 1 N–H and O–H groups in total. The van der Waals surface area contributed by atoms with Crippen LogP contribution >= 0.6 is 24.0 Å². The van der Waals surface area contributed by atoms with Crippen molar-refractivity contribution in [3.63, 3.8) is 0 Å². The topological polar surface area (TPSA) is 43.3 Å². The number of aromatic nitrogens is 1. The molecular formula is C23H20N2O2S2. The molecule has 0 aliphatic carbocycles. The molecule has 4 nitrogen and oxygen atoms in total. The minimum atomic E-state index is -0.140. The lowest BCUT2D eigenvalue weighted by Gasteiger charge is -2.11. The number of ether oxygens (including phenoxy) is 1. The number of carbonyl (C=O) groups is 1. The second-order valence-electron chi connectivity index (χ2n) is 6.60. The second-order valence-corrected chi connectivity index (χ2v) is 8.32. The largest absolute Gasteiger partial charge is 0.491 e. The standard InChI is InChI=1S/C23H20N2O2S2/c1-2-7-16-8-3-6-11-20(16)27-13-12-25-15-17(18-9-4-5-10-19(18)25)14-21-22(26)24-23(28)29-21/h2-6,8-11,14-15H,1,7,12-13H2,(H,24,26,28). The highest BCUT2D eigenvalue weighted by Gasteiger charge is 2.22. The summed E-state index contributed by atoms with van der Waals surface area (Å²) in [7, 11) is 0. The first-order valence-corrected chi connectivity index (χ1v) is 10.5. The Morgan fingerprint density at radius 2 is 1.97 bits per heavy atom. The van der Waals surface area contributed by atoms with E-state index in [1.165, 1.54) is 11.8 Å². The number of rotatable bonds is 7. The number of fused-ring (bicyclic) bond motifs is 1. The summed E-state index contributed by atoms with van der Waals surface area (Å²) < 4.78 is 8.70. The highest BCUT2D eigenvalue weighted by molar-refractivity contribution is 8.26. The van der Waals surface area contributed by atoms with Crippen LogP contribution in [0.4, 0.5) is 0 Å². The normalized spacial score (nSPS) is 15.1. The molecule has 0 radical (unpaired) electrons. The fourth-order valence-electron chi connectivity index (χ4n) is 3.36. The molecular weight excluding hydrogens is 400 g/mol. The number of nitrogens with zero attached hydrogens (tertiary/aromatic N) is 1. The minimum Gasteiger partial charge on any atom is -0.491 e. The minimum absolute atomic E-state index is 0.140. The first-order valence-electron chi connectivity index (χ1n) is 9.30. The zero-order valence-corrected chi connectivity index (χ0v) is 17.4. The van der Waals surface area contributed by atoms with E-state index in [0.717, 1.165) is 34.2 Å². The van der Waals surface area contributed by atoms with Gasteiger partial charge < -0.3 is 14.6 Å². The molecule has 1 aliphatic rings. The summed E-state index contributed by atoms with van der Waals surface area (Å²) in [6, 6.07) is 16.2. The van der Waals surface area contributed by atoms with Crippen molar-refractivity contribution in [3.8, 4) is 5.75 Å². The van der Waals surface area contributed by atoms with E-state index in [9.17, 15) is 4.79 Å². The lowest BCUT2D eigenvalue weighted by molar-refractivity contribution is -0.115. The Morgan fingerprint density at radius 1 is 1.17 bits per heavy atom. The molecule has 4 rings (SSSR count). The summed E-state index contributed by atoms with van der Waals surface area (Å²) in [5, 5.41) is 3.76. The smallest absolute Gasteiger partial charge is 0.263 e. The molecule has 6 heteroatoms. The highest BCUT2D eigenvalue weighted by Crippen LogP contribution is 2.30. The SMILES string of the molecule is C=CCc1ccccc1OCCn1cc(C=C2SC(=S)NC2=O)c2ccccc21. The van der Waals surface area contributed by atoms with Crippen molar-refractivity contribution in [1.29, 1.82) is 0 Å². The van der Waals surface area contributed by atoms with Gasteiger partial charge in [-0.15, -0.1) is 6.58 Å². The van der Waals surface area contributed by atoms with Gasteiger partial charge in [-0.1, -0.05) is 66.5 Å². The van der Waals surface area contributed by atoms with Gasteiger partial charge in [0.1, 0.15) is 16.7 Å². The van der Waals surface area contributed by atoms with Crippen molar-refractivity contribution < 1.29 is 9.53 Å². The molecule has 146 valence electrons. The van der Waals surface area contributed by atoms with Crippen molar-refractivity contribution in [2.24, 2.45) is 0 Å². The molecule has 1 fully saturated rings. The van der Waals surface area contributed by atoms with Gasteiger partial charge in [0.25, 0.3) is 5.91 Å². The van der Waals surface area contributed by atoms with Gasteiger partial charge in [-0.3, -0.25) is 4.79 Å². The Balaban J connectivity index is 1.56. The number of hydrogen-bond donors (Lipinski definition) is 1. The Kier molecular flexibility index (Phi) is 5.83. The molecule has 0 unspecified atom stereocenters. The maximum Gasteiger partial charge on any atom is 0.263 e. The van der Waals surface area contributed by atoms with Gasteiger partial charge >= 0.3 is 0 Å². The van der Waals surface area contributed by atoms with Gasteiger partial charge in [0.2, 0.25) is 0 Å². The van der Waals surface area contributed by atoms with Crippen LogP contribution in [-0.2, 0) is 17.8 Å². The van der Waals surface area contributed by atoms with Crippen LogP contribution in [0, 0.1) is 0 Å². The van der Waals surface area contributed by atoms with Crippen LogP contribution < -0.4 is 10.1 Å². The number of nitrogens with one attached hydrogen (secondary N) is 1. The third-order valence-electron chi connectivity index (χ3n) is 4.67. The molecule has 1 saturated heterocycles. The zero-order chi connectivity index (χ0) is 20.2. The molecule has 0 saturated carbocycles. The molecule has 1 aromatic heterocycles. The first-order chi connectivity index (χ1) is 14.2.